The van der Waals surface area contributed by atoms with Crippen LogP contribution in [0.1, 0.15) is 32.5 Å². The highest BCUT2D eigenvalue weighted by atomic mass is 16.2. The molecule has 0 aliphatic heterocycles. The van der Waals surface area contributed by atoms with Gasteiger partial charge in [-0.3, -0.25) is 9.59 Å². The number of benzene rings is 1. The van der Waals surface area contributed by atoms with Crippen LogP contribution in [0.25, 0.3) is 10.9 Å². The highest BCUT2D eigenvalue weighted by molar-refractivity contribution is 5.77. The summed E-state index contributed by atoms with van der Waals surface area (Å²) in [7, 11) is 0. The number of aromatic amines is 1. The predicted molar refractivity (Wildman–Crippen MR) is 86.3 cm³/mol. The summed E-state index contributed by atoms with van der Waals surface area (Å²) in [5.74, 6) is 0.523. The molecule has 6 heteroatoms. The molecular formula is C16H22N4O2. The van der Waals surface area contributed by atoms with E-state index < -0.39 is 0 Å². The molecule has 0 aliphatic rings. The van der Waals surface area contributed by atoms with Crippen molar-refractivity contribution >= 4 is 16.8 Å². The molecule has 0 bridgehead atoms. The first-order valence-electron chi connectivity index (χ1n) is 7.52. The van der Waals surface area contributed by atoms with Gasteiger partial charge in [-0.1, -0.05) is 12.1 Å². The molecule has 1 unspecified atom stereocenters. The van der Waals surface area contributed by atoms with Gasteiger partial charge >= 0.3 is 0 Å². The number of amides is 1. The largest absolute Gasteiger partial charge is 0.336 e. The Labute approximate surface area is 129 Å². The van der Waals surface area contributed by atoms with Crippen molar-refractivity contribution < 1.29 is 4.79 Å². The number of H-pyrrole nitrogens is 1. The summed E-state index contributed by atoms with van der Waals surface area (Å²) in [5.41, 5.74) is 6.14. The molecule has 0 aliphatic carbocycles. The van der Waals surface area contributed by atoms with E-state index in [1.165, 1.54) is 0 Å². The van der Waals surface area contributed by atoms with Crippen LogP contribution in [0.15, 0.2) is 29.1 Å². The number of aromatic nitrogens is 2. The van der Waals surface area contributed by atoms with Gasteiger partial charge in [0.25, 0.3) is 5.56 Å². The van der Waals surface area contributed by atoms with Gasteiger partial charge in [0.1, 0.15) is 5.82 Å². The molecule has 1 heterocycles. The van der Waals surface area contributed by atoms with Crippen molar-refractivity contribution in [3.63, 3.8) is 0 Å². The lowest BCUT2D eigenvalue weighted by Gasteiger charge is -2.20. The van der Waals surface area contributed by atoms with E-state index in [4.69, 9.17) is 5.73 Å². The second kappa shape index (κ2) is 7.17. The zero-order chi connectivity index (χ0) is 16.1. The molecule has 3 N–H and O–H groups in total. The molecule has 118 valence electrons. The number of para-hydroxylation sites is 1. The number of nitrogens with zero attached hydrogens (tertiary/aromatic N) is 2. The van der Waals surface area contributed by atoms with E-state index in [1.807, 2.05) is 19.9 Å². The van der Waals surface area contributed by atoms with Crippen molar-refractivity contribution in [1.29, 1.82) is 0 Å². The Hall–Kier alpha value is -2.21. The Morgan fingerprint density at radius 3 is 2.82 bits per heavy atom. The summed E-state index contributed by atoms with van der Waals surface area (Å²) < 4.78 is 0. The Balaban J connectivity index is 2.17. The molecular weight excluding hydrogens is 280 g/mol. The van der Waals surface area contributed by atoms with E-state index in [2.05, 4.69) is 9.97 Å². The summed E-state index contributed by atoms with van der Waals surface area (Å²) in [6.07, 6.45) is 1.06. The van der Waals surface area contributed by atoms with E-state index in [-0.39, 0.29) is 17.5 Å². The number of hydrogen-bond donors (Lipinski definition) is 2. The molecule has 1 aromatic heterocycles. The number of fused-ring (bicyclic) bond motifs is 1. The maximum atomic E-state index is 12.2. The lowest BCUT2D eigenvalue weighted by atomic mass is 10.2. The monoisotopic (exact) mass is 302 g/mol. The van der Waals surface area contributed by atoms with E-state index >= 15 is 0 Å². The predicted octanol–water partition coefficient (Wildman–Crippen LogP) is 1.40. The van der Waals surface area contributed by atoms with Gasteiger partial charge in [-0.2, -0.15) is 0 Å². The highest BCUT2D eigenvalue weighted by Gasteiger charge is 2.14. The number of nitrogens with one attached hydrogen (secondary N) is 1. The van der Waals surface area contributed by atoms with Gasteiger partial charge in [-0.15, -0.1) is 0 Å². The fraction of sp³-hybridized carbons (Fsp3) is 0.438. The van der Waals surface area contributed by atoms with Crippen LogP contribution >= 0.6 is 0 Å². The fourth-order valence-corrected chi connectivity index (χ4v) is 2.28. The van der Waals surface area contributed by atoms with Crippen LogP contribution in [0, 0.1) is 0 Å². The van der Waals surface area contributed by atoms with Crippen LogP contribution in [0.5, 0.6) is 0 Å². The van der Waals surface area contributed by atoms with Gasteiger partial charge in [0, 0.05) is 19.0 Å². The SMILES string of the molecule is CCN(Cc1nc2ccccc2c(=O)[nH]1)C(=O)CCC(C)N. The molecule has 0 spiro atoms. The number of rotatable bonds is 6. The molecule has 2 aromatic rings. The third kappa shape index (κ3) is 3.92. The number of carbonyl (C=O) groups is 1. The first-order chi connectivity index (χ1) is 10.5. The Bertz CT molecular complexity index is 709. The molecule has 0 saturated heterocycles. The summed E-state index contributed by atoms with van der Waals surface area (Å²) in [6, 6.07) is 7.17. The van der Waals surface area contributed by atoms with Crippen LogP contribution in [-0.4, -0.2) is 33.4 Å². The Kier molecular flexibility index (Phi) is 5.27. The summed E-state index contributed by atoms with van der Waals surface area (Å²) in [6.45, 7) is 4.65. The molecule has 0 fully saturated rings. The summed E-state index contributed by atoms with van der Waals surface area (Å²) >= 11 is 0. The Morgan fingerprint density at radius 2 is 2.14 bits per heavy atom. The van der Waals surface area contributed by atoms with Crippen molar-refractivity contribution in [3.8, 4) is 0 Å². The highest BCUT2D eigenvalue weighted by Crippen LogP contribution is 2.08. The maximum Gasteiger partial charge on any atom is 0.258 e. The van der Waals surface area contributed by atoms with Crippen LogP contribution in [-0.2, 0) is 11.3 Å². The first kappa shape index (κ1) is 16.2. The van der Waals surface area contributed by atoms with Crippen LogP contribution in [0.4, 0.5) is 0 Å². The van der Waals surface area contributed by atoms with E-state index in [1.54, 1.807) is 23.1 Å². The molecule has 1 amide bonds. The average molecular weight is 302 g/mol. The first-order valence-corrected chi connectivity index (χ1v) is 7.52. The van der Waals surface area contributed by atoms with Gasteiger partial charge in [-0.25, -0.2) is 4.98 Å². The molecule has 0 saturated carbocycles. The molecule has 1 aromatic carbocycles. The van der Waals surface area contributed by atoms with E-state index in [0.717, 1.165) is 0 Å². The Morgan fingerprint density at radius 1 is 1.41 bits per heavy atom. The smallest absolute Gasteiger partial charge is 0.258 e. The minimum Gasteiger partial charge on any atom is -0.336 e. The van der Waals surface area contributed by atoms with E-state index in [0.29, 0.717) is 42.7 Å². The third-order valence-corrected chi connectivity index (χ3v) is 3.55. The summed E-state index contributed by atoms with van der Waals surface area (Å²) in [5, 5.41) is 0.553. The van der Waals surface area contributed by atoms with Crippen molar-refractivity contribution in [2.75, 3.05) is 6.54 Å². The zero-order valence-electron chi connectivity index (χ0n) is 13.0. The molecule has 2 rings (SSSR count). The fourth-order valence-electron chi connectivity index (χ4n) is 2.28. The van der Waals surface area contributed by atoms with Crippen LogP contribution in [0.3, 0.4) is 0 Å². The third-order valence-electron chi connectivity index (χ3n) is 3.55. The summed E-state index contributed by atoms with van der Waals surface area (Å²) in [4.78, 5) is 33.1. The normalized spacial score (nSPS) is 12.3. The molecule has 22 heavy (non-hydrogen) atoms. The minimum atomic E-state index is -0.181. The van der Waals surface area contributed by atoms with Crippen molar-refractivity contribution in [3.05, 3.63) is 40.4 Å². The second-order valence-corrected chi connectivity index (χ2v) is 5.45. The lowest BCUT2D eigenvalue weighted by molar-refractivity contribution is -0.131. The van der Waals surface area contributed by atoms with Crippen LogP contribution in [0.2, 0.25) is 0 Å². The van der Waals surface area contributed by atoms with Crippen molar-refractivity contribution in [1.82, 2.24) is 14.9 Å². The number of nitrogens with two attached hydrogens (primary N) is 1. The quantitative estimate of drug-likeness (QED) is 0.843. The molecule has 1 atom stereocenters. The van der Waals surface area contributed by atoms with Gasteiger partial charge in [0.05, 0.1) is 17.4 Å². The van der Waals surface area contributed by atoms with Crippen molar-refractivity contribution in [2.45, 2.75) is 39.3 Å². The van der Waals surface area contributed by atoms with Gasteiger partial charge in [-0.05, 0) is 32.4 Å². The standard InChI is InChI=1S/C16H22N4O2/c1-3-20(15(21)9-8-11(2)17)10-14-18-13-7-5-4-6-12(13)16(22)19-14/h4-7,11H,3,8-10,17H2,1-2H3,(H,18,19,22). The van der Waals surface area contributed by atoms with Gasteiger partial charge in [0.2, 0.25) is 5.91 Å². The number of hydrogen-bond acceptors (Lipinski definition) is 4. The topological polar surface area (TPSA) is 92.1 Å². The van der Waals surface area contributed by atoms with Crippen molar-refractivity contribution in [2.24, 2.45) is 5.73 Å². The van der Waals surface area contributed by atoms with Gasteiger partial charge in [0.15, 0.2) is 0 Å². The molecule has 0 radical (unpaired) electrons. The minimum absolute atomic E-state index is 0.00116. The second-order valence-electron chi connectivity index (χ2n) is 5.45. The lowest BCUT2D eigenvalue weighted by Crippen LogP contribution is -2.32. The molecule has 6 nitrogen and oxygen atoms in total. The van der Waals surface area contributed by atoms with E-state index in [9.17, 15) is 9.59 Å². The zero-order valence-corrected chi connectivity index (χ0v) is 13.0. The number of carbonyl (C=O) groups excluding carboxylic acids is 1. The average Bonchev–Trinajstić information content (AvgIpc) is 2.50. The van der Waals surface area contributed by atoms with Gasteiger partial charge < -0.3 is 15.6 Å². The maximum absolute atomic E-state index is 12.2. The van der Waals surface area contributed by atoms with Crippen LogP contribution < -0.4 is 11.3 Å².